The summed E-state index contributed by atoms with van der Waals surface area (Å²) in [6.45, 7) is 8.58. The van der Waals surface area contributed by atoms with E-state index in [4.69, 9.17) is 4.74 Å². The number of amides is 1. The molecule has 1 saturated carbocycles. The smallest absolute Gasteiger partial charge is 0.249 e. The molecule has 1 aliphatic carbocycles. The molecule has 0 aliphatic heterocycles. The van der Waals surface area contributed by atoms with E-state index in [1.54, 1.807) is 0 Å². The second-order valence-corrected chi connectivity index (χ2v) is 7.80. The lowest BCUT2D eigenvalue weighted by atomic mass is 9.79. The molecule has 2 atom stereocenters. The predicted octanol–water partition coefficient (Wildman–Crippen LogP) is 4.60. The number of nitrogens with one attached hydrogen (secondary N) is 1. The normalized spacial score (nSPS) is 18.3. The molecule has 2 rings (SSSR count). The lowest BCUT2D eigenvalue weighted by Crippen LogP contribution is -2.44. The van der Waals surface area contributed by atoms with Gasteiger partial charge in [0.2, 0.25) is 5.91 Å². The molecule has 0 saturated heterocycles. The largest absolute Gasteiger partial charge is 0.365 e. The zero-order chi connectivity index (χ0) is 17.6. The first-order valence-corrected chi connectivity index (χ1v) is 9.43. The minimum Gasteiger partial charge on any atom is -0.365 e. The summed E-state index contributed by atoms with van der Waals surface area (Å²) in [5, 5.41) is 3.17. The van der Waals surface area contributed by atoms with Gasteiger partial charge < -0.3 is 10.1 Å². The van der Waals surface area contributed by atoms with Crippen LogP contribution in [-0.4, -0.2) is 24.2 Å². The van der Waals surface area contributed by atoms with E-state index < -0.39 is 0 Å². The molecule has 0 spiro atoms. The Morgan fingerprint density at radius 3 is 2.46 bits per heavy atom. The molecular weight excluding hydrogens is 298 g/mol. The van der Waals surface area contributed by atoms with Crippen LogP contribution in [0.2, 0.25) is 0 Å². The number of rotatable bonds is 8. The Hall–Kier alpha value is -1.35. The molecule has 1 aromatic carbocycles. The van der Waals surface area contributed by atoms with Crippen LogP contribution in [0.25, 0.3) is 0 Å². The third kappa shape index (κ3) is 5.34. The fraction of sp³-hybridized carbons (Fsp3) is 0.667. The molecule has 134 valence electrons. The Bertz CT molecular complexity index is 506. The Kier molecular flexibility index (Phi) is 6.85. The number of carbonyl (C=O) groups excluding carboxylic acids is 1. The van der Waals surface area contributed by atoms with Gasteiger partial charge in [0.05, 0.1) is 6.10 Å². The van der Waals surface area contributed by atoms with Crippen LogP contribution in [0.5, 0.6) is 0 Å². The molecule has 0 radical (unpaired) electrons. The first-order valence-electron chi connectivity index (χ1n) is 9.43. The quantitative estimate of drug-likeness (QED) is 0.756. The van der Waals surface area contributed by atoms with E-state index in [2.05, 4.69) is 50.4 Å². The van der Waals surface area contributed by atoms with Crippen LogP contribution in [0.3, 0.4) is 0 Å². The maximum atomic E-state index is 12.6. The Morgan fingerprint density at radius 1 is 1.25 bits per heavy atom. The Morgan fingerprint density at radius 2 is 1.88 bits per heavy atom. The van der Waals surface area contributed by atoms with E-state index in [0.717, 1.165) is 25.7 Å². The third-order valence-corrected chi connectivity index (χ3v) is 5.08. The molecule has 3 heteroatoms. The molecule has 1 fully saturated rings. The van der Waals surface area contributed by atoms with Crippen molar-refractivity contribution in [2.75, 3.05) is 0 Å². The first kappa shape index (κ1) is 19.0. The SMILES string of the molecule is CCC(OC1CCCC1)C(=O)NC(C)CC(C)(C)c1ccccc1. The van der Waals surface area contributed by atoms with E-state index in [1.165, 1.54) is 18.4 Å². The summed E-state index contributed by atoms with van der Waals surface area (Å²) in [7, 11) is 0. The molecule has 1 aromatic rings. The molecule has 3 nitrogen and oxygen atoms in total. The molecule has 24 heavy (non-hydrogen) atoms. The van der Waals surface area contributed by atoms with Crippen molar-refractivity contribution in [3.8, 4) is 0 Å². The monoisotopic (exact) mass is 331 g/mol. The molecule has 1 amide bonds. The van der Waals surface area contributed by atoms with Gasteiger partial charge in [-0.1, -0.05) is 63.9 Å². The van der Waals surface area contributed by atoms with Gasteiger partial charge in [0.25, 0.3) is 0 Å². The Balaban J connectivity index is 1.87. The van der Waals surface area contributed by atoms with Gasteiger partial charge in [-0.3, -0.25) is 4.79 Å². The highest BCUT2D eigenvalue weighted by Gasteiger charge is 2.28. The van der Waals surface area contributed by atoms with Crippen molar-refractivity contribution in [2.45, 2.75) is 89.9 Å². The summed E-state index contributed by atoms with van der Waals surface area (Å²) in [5.74, 6) is 0.0424. The van der Waals surface area contributed by atoms with Crippen molar-refractivity contribution in [1.29, 1.82) is 0 Å². The number of benzene rings is 1. The van der Waals surface area contributed by atoms with E-state index in [1.807, 2.05) is 13.0 Å². The predicted molar refractivity (Wildman–Crippen MR) is 99.1 cm³/mol. The van der Waals surface area contributed by atoms with E-state index in [-0.39, 0.29) is 29.6 Å². The summed E-state index contributed by atoms with van der Waals surface area (Å²) in [6.07, 6.45) is 6.25. The van der Waals surface area contributed by atoms with Crippen molar-refractivity contribution in [2.24, 2.45) is 0 Å². The highest BCUT2D eigenvalue weighted by Crippen LogP contribution is 2.28. The van der Waals surface area contributed by atoms with E-state index >= 15 is 0 Å². The summed E-state index contributed by atoms with van der Waals surface area (Å²) in [5.41, 5.74) is 1.34. The van der Waals surface area contributed by atoms with Crippen molar-refractivity contribution < 1.29 is 9.53 Å². The number of hydrogen-bond acceptors (Lipinski definition) is 2. The summed E-state index contributed by atoms with van der Waals surface area (Å²) in [6, 6.07) is 10.6. The third-order valence-electron chi connectivity index (χ3n) is 5.08. The average Bonchev–Trinajstić information content (AvgIpc) is 3.05. The van der Waals surface area contributed by atoms with Gasteiger partial charge >= 0.3 is 0 Å². The van der Waals surface area contributed by atoms with Crippen LogP contribution in [0.15, 0.2) is 30.3 Å². The highest BCUT2D eigenvalue weighted by atomic mass is 16.5. The van der Waals surface area contributed by atoms with Crippen molar-refractivity contribution >= 4 is 5.91 Å². The number of ether oxygens (including phenoxy) is 1. The Labute approximate surface area is 147 Å². The van der Waals surface area contributed by atoms with Crippen LogP contribution in [-0.2, 0) is 14.9 Å². The van der Waals surface area contributed by atoms with E-state index in [0.29, 0.717) is 0 Å². The van der Waals surface area contributed by atoms with Gasteiger partial charge in [0, 0.05) is 6.04 Å². The van der Waals surface area contributed by atoms with E-state index in [9.17, 15) is 4.79 Å². The molecule has 0 heterocycles. The number of carbonyl (C=O) groups is 1. The standard InChI is InChI=1S/C21H33NO2/c1-5-19(24-18-13-9-10-14-18)20(23)22-16(2)15-21(3,4)17-11-7-6-8-12-17/h6-8,11-12,16,18-19H,5,9-10,13-15H2,1-4H3,(H,22,23). The highest BCUT2D eigenvalue weighted by molar-refractivity contribution is 5.81. The van der Waals surface area contributed by atoms with Crippen LogP contribution < -0.4 is 5.32 Å². The molecule has 1 N–H and O–H groups in total. The van der Waals surface area contributed by atoms with Crippen LogP contribution in [0, 0.1) is 0 Å². The molecule has 0 aromatic heterocycles. The van der Waals surface area contributed by atoms with Gasteiger partial charge in [-0.05, 0) is 43.6 Å². The second kappa shape index (κ2) is 8.66. The fourth-order valence-electron chi connectivity index (χ4n) is 3.76. The fourth-order valence-corrected chi connectivity index (χ4v) is 3.76. The van der Waals surface area contributed by atoms with Crippen LogP contribution in [0.1, 0.15) is 71.8 Å². The minimum atomic E-state index is -0.310. The van der Waals surface area contributed by atoms with Crippen molar-refractivity contribution in [3.05, 3.63) is 35.9 Å². The molecule has 2 unspecified atom stereocenters. The van der Waals surface area contributed by atoms with Crippen LogP contribution >= 0.6 is 0 Å². The maximum absolute atomic E-state index is 12.6. The second-order valence-electron chi connectivity index (χ2n) is 7.80. The lowest BCUT2D eigenvalue weighted by molar-refractivity contribution is -0.137. The average molecular weight is 332 g/mol. The van der Waals surface area contributed by atoms with Crippen LogP contribution in [0.4, 0.5) is 0 Å². The molecule has 1 aliphatic rings. The number of hydrogen-bond donors (Lipinski definition) is 1. The maximum Gasteiger partial charge on any atom is 0.249 e. The minimum absolute atomic E-state index is 0.0297. The lowest BCUT2D eigenvalue weighted by Gasteiger charge is -2.30. The van der Waals surface area contributed by atoms with Gasteiger partial charge in [-0.15, -0.1) is 0 Å². The van der Waals surface area contributed by atoms with Gasteiger partial charge in [-0.2, -0.15) is 0 Å². The van der Waals surface area contributed by atoms with Gasteiger partial charge in [0.15, 0.2) is 0 Å². The zero-order valence-electron chi connectivity index (χ0n) is 15.7. The molecular formula is C21H33NO2. The van der Waals surface area contributed by atoms with Crippen molar-refractivity contribution in [1.82, 2.24) is 5.32 Å². The molecule has 0 bridgehead atoms. The summed E-state index contributed by atoms with van der Waals surface area (Å²) < 4.78 is 6.03. The zero-order valence-corrected chi connectivity index (χ0v) is 15.7. The van der Waals surface area contributed by atoms with Gasteiger partial charge in [0.1, 0.15) is 6.10 Å². The topological polar surface area (TPSA) is 38.3 Å². The summed E-state index contributed by atoms with van der Waals surface area (Å²) in [4.78, 5) is 12.6. The van der Waals surface area contributed by atoms with Crippen molar-refractivity contribution in [3.63, 3.8) is 0 Å². The van der Waals surface area contributed by atoms with Gasteiger partial charge in [-0.25, -0.2) is 0 Å². The first-order chi connectivity index (χ1) is 11.4. The summed E-state index contributed by atoms with van der Waals surface area (Å²) >= 11 is 0.